The number of carbonyl (C=O) groups is 1. The van der Waals surface area contributed by atoms with E-state index in [2.05, 4.69) is 5.32 Å². The van der Waals surface area contributed by atoms with Crippen molar-refractivity contribution in [3.63, 3.8) is 0 Å². The predicted molar refractivity (Wildman–Crippen MR) is 75.3 cm³/mol. The molecule has 0 aliphatic heterocycles. The van der Waals surface area contributed by atoms with Gasteiger partial charge in [-0.2, -0.15) is 0 Å². The second kappa shape index (κ2) is 5.78. The SMILES string of the molecule is CN(C)S(=O)(=O)c1ccc(C(=O)NC2(CO)CCCC2)o1. The van der Waals surface area contributed by atoms with E-state index < -0.39 is 21.5 Å². The van der Waals surface area contributed by atoms with Crippen molar-refractivity contribution in [1.82, 2.24) is 9.62 Å². The molecule has 0 spiro atoms. The Morgan fingerprint density at radius 3 is 2.52 bits per heavy atom. The Kier molecular flexibility index (Phi) is 4.40. The van der Waals surface area contributed by atoms with Crippen molar-refractivity contribution >= 4 is 15.9 Å². The zero-order chi connectivity index (χ0) is 15.7. The first kappa shape index (κ1) is 16.0. The highest BCUT2D eigenvalue weighted by molar-refractivity contribution is 7.88. The molecule has 1 saturated carbocycles. The van der Waals surface area contributed by atoms with E-state index in [4.69, 9.17) is 4.42 Å². The fraction of sp³-hybridized carbons (Fsp3) is 0.615. The van der Waals surface area contributed by atoms with Gasteiger partial charge in [0, 0.05) is 14.1 Å². The van der Waals surface area contributed by atoms with Crippen LogP contribution in [0.5, 0.6) is 0 Å². The summed E-state index contributed by atoms with van der Waals surface area (Å²) in [5.74, 6) is -0.582. The molecule has 0 radical (unpaired) electrons. The third-order valence-corrected chi connectivity index (χ3v) is 5.47. The normalized spacial score (nSPS) is 18.1. The summed E-state index contributed by atoms with van der Waals surface area (Å²) in [6, 6.07) is 2.58. The minimum Gasteiger partial charge on any atom is -0.438 e. The van der Waals surface area contributed by atoms with Crippen LogP contribution >= 0.6 is 0 Å². The van der Waals surface area contributed by atoms with Crippen LogP contribution in [0.2, 0.25) is 0 Å². The van der Waals surface area contributed by atoms with Gasteiger partial charge < -0.3 is 14.8 Å². The molecule has 118 valence electrons. The quantitative estimate of drug-likeness (QED) is 0.827. The fourth-order valence-corrected chi connectivity index (χ4v) is 3.23. The summed E-state index contributed by atoms with van der Waals surface area (Å²) in [6.07, 6.45) is 3.30. The van der Waals surface area contributed by atoms with Crippen molar-refractivity contribution in [3.8, 4) is 0 Å². The first-order valence-corrected chi connectivity index (χ1v) is 8.20. The Labute approximate surface area is 124 Å². The average molecular weight is 316 g/mol. The Morgan fingerprint density at radius 1 is 1.38 bits per heavy atom. The largest absolute Gasteiger partial charge is 0.438 e. The molecule has 0 atom stereocenters. The Bertz CT molecular complexity index is 614. The van der Waals surface area contributed by atoms with Gasteiger partial charge in [-0.3, -0.25) is 4.79 Å². The van der Waals surface area contributed by atoms with Gasteiger partial charge in [-0.25, -0.2) is 12.7 Å². The van der Waals surface area contributed by atoms with E-state index in [0.29, 0.717) is 12.8 Å². The first-order valence-electron chi connectivity index (χ1n) is 6.76. The fourth-order valence-electron chi connectivity index (χ4n) is 2.44. The molecule has 0 unspecified atom stereocenters. The molecule has 0 bridgehead atoms. The van der Waals surface area contributed by atoms with Gasteiger partial charge in [0.1, 0.15) is 0 Å². The number of aliphatic hydroxyl groups is 1. The number of nitrogens with zero attached hydrogens (tertiary/aromatic N) is 1. The number of furan rings is 1. The molecule has 8 heteroatoms. The number of nitrogens with one attached hydrogen (secondary N) is 1. The molecule has 0 saturated heterocycles. The molecule has 1 aromatic rings. The van der Waals surface area contributed by atoms with Gasteiger partial charge in [-0.15, -0.1) is 0 Å². The van der Waals surface area contributed by atoms with E-state index in [1.807, 2.05) is 0 Å². The van der Waals surface area contributed by atoms with Crippen molar-refractivity contribution in [3.05, 3.63) is 17.9 Å². The van der Waals surface area contributed by atoms with Gasteiger partial charge in [0.15, 0.2) is 5.76 Å². The second-order valence-corrected chi connectivity index (χ2v) is 7.59. The van der Waals surface area contributed by atoms with Crippen LogP contribution in [0.4, 0.5) is 0 Å². The summed E-state index contributed by atoms with van der Waals surface area (Å²) >= 11 is 0. The van der Waals surface area contributed by atoms with Crippen molar-refractivity contribution in [2.75, 3.05) is 20.7 Å². The van der Waals surface area contributed by atoms with E-state index in [1.54, 1.807) is 0 Å². The third kappa shape index (κ3) is 3.12. The number of rotatable bonds is 5. The van der Waals surface area contributed by atoms with Gasteiger partial charge in [0.2, 0.25) is 5.09 Å². The average Bonchev–Trinajstić information content (AvgIpc) is 3.08. The lowest BCUT2D eigenvalue weighted by Crippen LogP contribution is -2.49. The number of aliphatic hydroxyl groups excluding tert-OH is 1. The van der Waals surface area contributed by atoms with Crippen LogP contribution in [0.3, 0.4) is 0 Å². The zero-order valence-corrected chi connectivity index (χ0v) is 12.9. The molecule has 2 N–H and O–H groups in total. The van der Waals surface area contributed by atoms with Gasteiger partial charge in [0.25, 0.3) is 15.9 Å². The minimum atomic E-state index is -3.70. The minimum absolute atomic E-state index is 0.0739. The van der Waals surface area contributed by atoms with Gasteiger partial charge in [-0.05, 0) is 25.0 Å². The van der Waals surface area contributed by atoms with Crippen LogP contribution < -0.4 is 5.32 Å². The Hall–Kier alpha value is -1.38. The molecule has 21 heavy (non-hydrogen) atoms. The number of hydrogen-bond acceptors (Lipinski definition) is 5. The molecule has 0 aromatic carbocycles. The van der Waals surface area contributed by atoms with Crippen molar-refractivity contribution in [2.45, 2.75) is 36.3 Å². The van der Waals surface area contributed by atoms with Crippen molar-refractivity contribution in [2.24, 2.45) is 0 Å². The highest BCUT2D eigenvalue weighted by Crippen LogP contribution is 2.29. The van der Waals surface area contributed by atoms with Crippen molar-refractivity contribution in [1.29, 1.82) is 0 Å². The second-order valence-electron chi connectivity index (χ2n) is 5.51. The molecule has 1 amide bonds. The molecular weight excluding hydrogens is 296 g/mol. The molecule has 1 heterocycles. The lowest BCUT2D eigenvalue weighted by Gasteiger charge is -2.27. The van der Waals surface area contributed by atoms with Crippen molar-refractivity contribution < 1.29 is 22.7 Å². The molecule has 2 rings (SSSR count). The highest BCUT2D eigenvalue weighted by Gasteiger charge is 2.35. The molecule has 1 aromatic heterocycles. The predicted octanol–water partition coefficient (Wildman–Crippen LogP) is 0.565. The lowest BCUT2D eigenvalue weighted by molar-refractivity contribution is 0.0805. The van der Waals surface area contributed by atoms with Gasteiger partial charge >= 0.3 is 0 Å². The molecular formula is C13H20N2O5S. The van der Waals surface area contributed by atoms with E-state index >= 15 is 0 Å². The summed E-state index contributed by atoms with van der Waals surface area (Å²) in [4.78, 5) is 12.2. The topological polar surface area (TPSA) is 99.9 Å². The summed E-state index contributed by atoms with van der Waals surface area (Å²) in [6.45, 7) is -0.137. The maximum Gasteiger partial charge on any atom is 0.287 e. The summed E-state index contributed by atoms with van der Waals surface area (Å²) in [5, 5.41) is 12.0. The molecule has 1 fully saturated rings. The van der Waals surface area contributed by atoms with E-state index in [1.165, 1.54) is 26.2 Å². The summed E-state index contributed by atoms with van der Waals surface area (Å²) < 4.78 is 29.9. The zero-order valence-electron chi connectivity index (χ0n) is 12.1. The lowest BCUT2D eigenvalue weighted by atomic mass is 9.99. The number of carbonyl (C=O) groups excluding carboxylic acids is 1. The highest BCUT2D eigenvalue weighted by atomic mass is 32.2. The third-order valence-electron chi connectivity index (χ3n) is 3.78. The number of amides is 1. The number of sulfonamides is 1. The number of hydrogen-bond donors (Lipinski definition) is 2. The Morgan fingerprint density at radius 2 is 2.00 bits per heavy atom. The standard InChI is InChI=1S/C13H20N2O5S/c1-15(2)21(18,19)11-6-5-10(20-11)12(17)14-13(9-16)7-3-4-8-13/h5-6,16H,3-4,7-9H2,1-2H3,(H,14,17). The van der Waals surface area contributed by atoms with Crippen LogP contribution in [-0.4, -0.2) is 50.0 Å². The summed E-state index contributed by atoms with van der Waals surface area (Å²) in [7, 11) is -0.929. The van der Waals surface area contributed by atoms with Crippen LogP contribution in [-0.2, 0) is 10.0 Å². The smallest absolute Gasteiger partial charge is 0.287 e. The molecule has 1 aliphatic rings. The molecule has 1 aliphatic carbocycles. The maximum absolute atomic E-state index is 12.2. The van der Waals surface area contributed by atoms with Crippen LogP contribution in [0, 0.1) is 0 Å². The van der Waals surface area contributed by atoms with Gasteiger partial charge in [-0.1, -0.05) is 12.8 Å². The molecule has 7 nitrogen and oxygen atoms in total. The van der Waals surface area contributed by atoms with Crippen LogP contribution in [0.25, 0.3) is 0 Å². The van der Waals surface area contributed by atoms with E-state index in [0.717, 1.165) is 17.1 Å². The van der Waals surface area contributed by atoms with Crippen LogP contribution in [0.15, 0.2) is 21.6 Å². The van der Waals surface area contributed by atoms with E-state index in [9.17, 15) is 18.3 Å². The maximum atomic E-state index is 12.2. The van der Waals surface area contributed by atoms with Gasteiger partial charge in [0.05, 0.1) is 12.1 Å². The monoisotopic (exact) mass is 316 g/mol. The Balaban J connectivity index is 2.16. The van der Waals surface area contributed by atoms with E-state index in [-0.39, 0.29) is 17.5 Å². The van der Waals surface area contributed by atoms with Crippen LogP contribution in [0.1, 0.15) is 36.2 Å². The summed E-state index contributed by atoms with van der Waals surface area (Å²) in [5.41, 5.74) is -0.621. The first-order chi connectivity index (χ1) is 9.81.